The van der Waals surface area contributed by atoms with Crippen LogP contribution in [0, 0.1) is 6.92 Å². The lowest BCUT2D eigenvalue weighted by atomic mass is 9.99. The molecule has 0 heterocycles. The first-order chi connectivity index (χ1) is 20.5. The Morgan fingerprint density at radius 1 is 0.744 bits per heavy atom. The normalized spacial score (nSPS) is 14.0. The molecule has 2 aromatic carbocycles. The van der Waals surface area contributed by atoms with E-state index in [-0.39, 0.29) is 25.6 Å². The van der Waals surface area contributed by atoms with Gasteiger partial charge in [0.15, 0.2) is 5.78 Å². The van der Waals surface area contributed by atoms with Crippen molar-refractivity contribution in [2.24, 2.45) is 0 Å². The third kappa shape index (κ3) is 17.9. The number of benzene rings is 2. The Morgan fingerprint density at radius 2 is 1.26 bits per heavy atom. The van der Waals surface area contributed by atoms with Crippen LogP contribution in [-0.4, -0.2) is 80.5 Å². The van der Waals surface area contributed by atoms with Gasteiger partial charge in [0.25, 0.3) is 0 Å². The monoisotopic (exact) mass is 620 g/mol. The van der Waals surface area contributed by atoms with E-state index in [1.807, 2.05) is 64.5 Å². The summed E-state index contributed by atoms with van der Waals surface area (Å²) in [6, 6.07) is 15.8. The van der Waals surface area contributed by atoms with Crippen molar-refractivity contribution in [2.45, 2.75) is 83.7 Å². The van der Waals surface area contributed by atoms with Crippen LogP contribution in [0.5, 0.6) is 0 Å². The second kappa shape index (κ2) is 20.2. The van der Waals surface area contributed by atoms with Crippen molar-refractivity contribution in [3.8, 4) is 0 Å². The van der Waals surface area contributed by atoms with Crippen molar-refractivity contribution in [2.75, 3.05) is 54.1 Å². The van der Waals surface area contributed by atoms with E-state index in [9.17, 15) is 19.4 Å². The molecule has 1 unspecified atom stereocenters. The molecule has 9 heteroatoms. The molecule has 0 saturated heterocycles. The van der Waals surface area contributed by atoms with Gasteiger partial charge in [0.1, 0.15) is 19.3 Å². The molecular weight excluding hydrogens is 565 g/mol. The van der Waals surface area contributed by atoms with Crippen molar-refractivity contribution < 1.29 is 37.6 Å². The minimum absolute atomic E-state index is 0.0673. The lowest BCUT2D eigenvalue weighted by molar-refractivity contribution is -0.870. The molecule has 0 amide bonds. The number of likely N-dealkylation sites (N-methyl/N-ethyl adjacent to an activating group) is 1. The second-order valence-corrected chi connectivity index (χ2v) is 14.0. The summed E-state index contributed by atoms with van der Waals surface area (Å²) in [5.74, 6) is 0.0768. The fourth-order valence-corrected chi connectivity index (χ4v) is 5.30. The Morgan fingerprint density at radius 3 is 1.81 bits per heavy atom. The fraction of sp³-hybridized carbons (Fsp3) is 0.618. The highest BCUT2D eigenvalue weighted by molar-refractivity contribution is 7.47. The van der Waals surface area contributed by atoms with E-state index < -0.39 is 13.9 Å². The van der Waals surface area contributed by atoms with Crippen molar-refractivity contribution in [3.63, 3.8) is 0 Å². The Balaban J connectivity index is 1.38. The van der Waals surface area contributed by atoms with E-state index in [0.29, 0.717) is 17.6 Å². The van der Waals surface area contributed by atoms with Crippen LogP contribution in [0.1, 0.15) is 91.3 Å². The van der Waals surface area contributed by atoms with E-state index in [1.165, 1.54) is 56.9 Å². The number of carbonyl (C=O) groups is 1. The number of phosphoric ester groups is 1. The maximum atomic E-state index is 12.6. The van der Waals surface area contributed by atoms with Crippen LogP contribution in [0.4, 0.5) is 0 Å². The van der Waals surface area contributed by atoms with Gasteiger partial charge in [-0.2, -0.15) is 0 Å². The summed E-state index contributed by atoms with van der Waals surface area (Å²) in [5, 5.41) is 9.92. The molecule has 0 saturated carbocycles. The van der Waals surface area contributed by atoms with Gasteiger partial charge in [0.2, 0.25) is 0 Å². The fourth-order valence-electron chi connectivity index (χ4n) is 4.56. The Kier molecular flexibility index (Phi) is 17.5. The minimum Gasteiger partial charge on any atom is -0.388 e. The molecule has 0 bridgehead atoms. The topological polar surface area (TPSA) is 102 Å². The Hall–Kier alpha value is -1.90. The smallest absolute Gasteiger partial charge is 0.388 e. The number of aliphatic hydroxyl groups excluding tert-OH is 1. The van der Waals surface area contributed by atoms with Crippen molar-refractivity contribution in [1.29, 1.82) is 0 Å². The zero-order chi connectivity index (χ0) is 31.6. The first kappa shape index (κ1) is 37.3. The third-order valence-electron chi connectivity index (χ3n) is 7.29. The summed E-state index contributed by atoms with van der Waals surface area (Å²) in [4.78, 5) is 22.3. The van der Waals surface area contributed by atoms with Crippen LogP contribution in [0.3, 0.4) is 0 Å². The predicted octanol–water partition coefficient (Wildman–Crippen LogP) is 6.89. The lowest BCUT2D eigenvalue weighted by Gasteiger charge is -2.24. The standard InChI is InChI=1S/C34H54NO7P/c1-29-16-20-31(21-17-29)34(37)32-22-18-30(19-23-32)15-13-11-9-7-5-6-8-10-12-14-25-40-27-33(36)28-42-43(38,39)41-26-24-35(2,3)4/h16-23,33,36H,5-15,24-28H2,1-4H3/p+1/t33-/m1/s1. The number of phosphoric acid groups is 1. The van der Waals surface area contributed by atoms with Crippen LogP contribution in [0.25, 0.3) is 0 Å². The first-order valence-corrected chi connectivity index (χ1v) is 17.3. The average Bonchev–Trinajstić information content (AvgIpc) is 2.96. The Labute approximate surface area is 259 Å². The molecule has 0 fully saturated rings. The quantitative estimate of drug-likeness (QED) is 0.0571. The van der Waals surface area contributed by atoms with Crippen molar-refractivity contribution in [1.82, 2.24) is 0 Å². The number of quaternary nitrogens is 1. The molecule has 0 radical (unpaired) electrons. The minimum atomic E-state index is -4.17. The summed E-state index contributed by atoms with van der Waals surface area (Å²) in [6.07, 6.45) is 12.0. The molecule has 2 N–H and O–H groups in total. The SMILES string of the molecule is Cc1ccc(C(=O)c2ccc(CCCCCCCCCCCCOC[C@@H](O)COP(=O)(O)OCC[N+](C)(C)C)cc2)cc1. The van der Waals surface area contributed by atoms with E-state index in [1.54, 1.807) is 0 Å². The number of ketones is 1. The molecular formula is C34H55NO7P+. The maximum absolute atomic E-state index is 12.6. The highest BCUT2D eigenvalue weighted by Gasteiger charge is 2.24. The van der Waals surface area contributed by atoms with Gasteiger partial charge in [-0.3, -0.25) is 13.8 Å². The molecule has 8 nitrogen and oxygen atoms in total. The molecule has 2 atom stereocenters. The number of ether oxygens (including phenoxy) is 1. The number of nitrogens with zero attached hydrogens (tertiary/aromatic N) is 1. The van der Waals surface area contributed by atoms with Crippen LogP contribution >= 0.6 is 7.82 Å². The van der Waals surface area contributed by atoms with Gasteiger partial charge >= 0.3 is 7.82 Å². The largest absolute Gasteiger partial charge is 0.472 e. The molecule has 2 aromatic rings. The lowest BCUT2D eigenvalue weighted by Crippen LogP contribution is -2.37. The van der Waals surface area contributed by atoms with Gasteiger partial charge in [0, 0.05) is 17.7 Å². The highest BCUT2D eigenvalue weighted by atomic mass is 31.2. The molecule has 0 aliphatic heterocycles. The van der Waals surface area contributed by atoms with Gasteiger partial charge < -0.3 is 19.2 Å². The van der Waals surface area contributed by atoms with Crippen molar-refractivity contribution >= 4 is 13.6 Å². The molecule has 0 aromatic heterocycles. The third-order valence-corrected chi connectivity index (χ3v) is 8.28. The molecule has 0 aliphatic rings. The van der Waals surface area contributed by atoms with E-state index in [0.717, 1.165) is 36.0 Å². The summed E-state index contributed by atoms with van der Waals surface area (Å²) in [6.45, 7) is 3.01. The van der Waals surface area contributed by atoms with Gasteiger partial charge in [-0.25, -0.2) is 4.57 Å². The van der Waals surface area contributed by atoms with E-state index >= 15 is 0 Å². The number of hydrogen-bond acceptors (Lipinski definition) is 6. The number of rotatable bonds is 24. The summed E-state index contributed by atoms with van der Waals surface area (Å²) in [5.41, 5.74) is 3.92. The second-order valence-electron chi connectivity index (χ2n) is 12.5. The number of hydrogen-bond donors (Lipinski definition) is 2. The van der Waals surface area contributed by atoms with Crippen LogP contribution in [-0.2, 0) is 24.8 Å². The maximum Gasteiger partial charge on any atom is 0.472 e. The van der Waals surface area contributed by atoms with Gasteiger partial charge in [-0.15, -0.1) is 0 Å². The zero-order valence-corrected chi connectivity index (χ0v) is 27.7. The van der Waals surface area contributed by atoms with Gasteiger partial charge in [0.05, 0.1) is 34.4 Å². The number of unbranched alkanes of at least 4 members (excludes halogenated alkanes) is 9. The molecule has 2 rings (SSSR count). The predicted molar refractivity (Wildman–Crippen MR) is 172 cm³/mol. The Bertz CT molecular complexity index is 1080. The summed E-state index contributed by atoms with van der Waals surface area (Å²) >= 11 is 0. The molecule has 242 valence electrons. The highest BCUT2D eigenvalue weighted by Crippen LogP contribution is 2.43. The van der Waals surface area contributed by atoms with E-state index in [2.05, 4.69) is 12.1 Å². The average molecular weight is 621 g/mol. The molecule has 0 spiro atoms. The molecule has 0 aliphatic carbocycles. The van der Waals surface area contributed by atoms with Gasteiger partial charge in [-0.1, -0.05) is 105 Å². The number of carbonyl (C=O) groups excluding carboxylic acids is 1. The van der Waals surface area contributed by atoms with Crippen LogP contribution in [0.2, 0.25) is 0 Å². The first-order valence-electron chi connectivity index (χ1n) is 15.8. The number of aryl methyl sites for hydroxylation is 2. The van der Waals surface area contributed by atoms with E-state index in [4.69, 9.17) is 13.8 Å². The summed E-state index contributed by atoms with van der Waals surface area (Å²) < 4.78 is 27.7. The molecule has 43 heavy (non-hydrogen) atoms. The summed E-state index contributed by atoms with van der Waals surface area (Å²) in [7, 11) is 1.71. The van der Waals surface area contributed by atoms with Gasteiger partial charge in [-0.05, 0) is 31.7 Å². The van der Waals surface area contributed by atoms with Crippen LogP contribution < -0.4 is 0 Å². The number of aliphatic hydroxyl groups is 1. The van der Waals surface area contributed by atoms with Crippen molar-refractivity contribution in [3.05, 3.63) is 70.8 Å². The zero-order valence-electron chi connectivity index (χ0n) is 26.8. The van der Waals surface area contributed by atoms with Crippen LogP contribution in [0.15, 0.2) is 48.5 Å².